The number of aryl methyl sites for hydroxylation is 2. The highest BCUT2D eigenvalue weighted by Gasteiger charge is 2.45. The number of thiazole rings is 1. The molecule has 1 amide bonds. The van der Waals surface area contributed by atoms with Crippen LogP contribution in [0.25, 0.3) is 0 Å². The summed E-state index contributed by atoms with van der Waals surface area (Å²) in [7, 11) is 0. The number of aromatic nitrogens is 1. The molecule has 32 heavy (non-hydrogen) atoms. The number of nitrogens with zero attached hydrogens (tertiary/aromatic N) is 1. The number of benzene rings is 2. The van der Waals surface area contributed by atoms with Crippen LogP contribution in [-0.4, -0.2) is 34.1 Å². The average Bonchev–Trinajstić information content (AvgIpc) is 3.36. The van der Waals surface area contributed by atoms with E-state index in [9.17, 15) is 14.7 Å². The van der Waals surface area contributed by atoms with E-state index in [4.69, 9.17) is 4.74 Å². The van der Waals surface area contributed by atoms with E-state index in [0.29, 0.717) is 18.9 Å². The first-order valence-electron chi connectivity index (χ1n) is 10.7. The van der Waals surface area contributed by atoms with E-state index < -0.39 is 17.4 Å². The molecule has 0 spiro atoms. The van der Waals surface area contributed by atoms with Crippen LogP contribution in [0.5, 0.6) is 5.88 Å². The van der Waals surface area contributed by atoms with Gasteiger partial charge in [0.2, 0.25) is 5.88 Å². The van der Waals surface area contributed by atoms with Gasteiger partial charge in [0.1, 0.15) is 5.54 Å². The Morgan fingerprint density at radius 3 is 2.41 bits per heavy atom. The molecule has 2 aromatic carbocycles. The van der Waals surface area contributed by atoms with Crippen molar-refractivity contribution in [3.8, 4) is 5.88 Å². The monoisotopic (exact) mass is 450 g/mol. The smallest absolute Gasteiger partial charge is 0.330 e. The van der Waals surface area contributed by atoms with Crippen molar-refractivity contribution in [3.05, 3.63) is 80.7 Å². The first-order chi connectivity index (χ1) is 15.4. The molecule has 1 heterocycles. The maximum absolute atomic E-state index is 13.0. The van der Waals surface area contributed by atoms with Crippen LogP contribution in [0.1, 0.15) is 43.9 Å². The van der Waals surface area contributed by atoms with Gasteiger partial charge in [0.05, 0.1) is 11.5 Å². The number of hydrogen-bond donors (Lipinski definition) is 2. The SMILES string of the molecule is CCc1sc(C(=O)NC2(C(=O)O)Cc3ccccc3C2)nc1OCCc1ccccc1C. The molecule has 0 radical (unpaired) electrons. The minimum Gasteiger partial charge on any atom is -0.479 e. The number of aliphatic carboxylic acids is 1. The molecule has 0 atom stereocenters. The van der Waals surface area contributed by atoms with Crippen molar-refractivity contribution in [2.75, 3.05) is 6.61 Å². The number of rotatable bonds is 8. The Labute approximate surface area is 191 Å². The van der Waals surface area contributed by atoms with Gasteiger partial charge in [-0.25, -0.2) is 4.79 Å². The van der Waals surface area contributed by atoms with Gasteiger partial charge in [0.15, 0.2) is 5.01 Å². The molecule has 4 rings (SSSR count). The second-order valence-electron chi connectivity index (χ2n) is 8.09. The lowest BCUT2D eigenvalue weighted by atomic mass is 9.96. The molecular formula is C25H26N2O4S. The fourth-order valence-electron chi connectivity index (χ4n) is 4.10. The summed E-state index contributed by atoms with van der Waals surface area (Å²) in [4.78, 5) is 30.4. The van der Waals surface area contributed by atoms with Crippen LogP contribution in [0.3, 0.4) is 0 Å². The highest BCUT2D eigenvalue weighted by Crippen LogP contribution is 2.32. The molecule has 0 bridgehead atoms. The zero-order chi connectivity index (χ0) is 22.7. The topological polar surface area (TPSA) is 88.5 Å². The largest absolute Gasteiger partial charge is 0.479 e. The molecule has 166 valence electrons. The maximum atomic E-state index is 13.0. The van der Waals surface area contributed by atoms with Crippen LogP contribution in [0.15, 0.2) is 48.5 Å². The van der Waals surface area contributed by atoms with Crippen molar-refractivity contribution in [3.63, 3.8) is 0 Å². The van der Waals surface area contributed by atoms with Crippen molar-refractivity contribution in [1.82, 2.24) is 10.3 Å². The summed E-state index contributed by atoms with van der Waals surface area (Å²) < 4.78 is 5.91. The molecule has 6 nitrogen and oxygen atoms in total. The molecule has 0 fully saturated rings. The van der Waals surface area contributed by atoms with Gasteiger partial charge in [0, 0.05) is 19.3 Å². The molecule has 1 aliphatic carbocycles. The fourth-order valence-corrected chi connectivity index (χ4v) is 4.94. The predicted octanol–water partition coefficient (Wildman–Crippen LogP) is 3.99. The van der Waals surface area contributed by atoms with Crippen molar-refractivity contribution in [2.24, 2.45) is 0 Å². The Morgan fingerprint density at radius 1 is 1.12 bits per heavy atom. The van der Waals surface area contributed by atoms with E-state index >= 15 is 0 Å². The predicted molar refractivity (Wildman–Crippen MR) is 124 cm³/mol. The maximum Gasteiger partial charge on any atom is 0.330 e. The van der Waals surface area contributed by atoms with E-state index in [1.165, 1.54) is 22.5 Å². The fraction of sp³-hybridized carbons (Fsp3) is 0.320. The van der Waals surface area contributed by atoms with Gasteiger partial charge < -0.3 is 15.2 Å². The summed E-state index contributed by atoms with van der Waals surface area (Å²) in [6.45, 7) is 4.50. The van der Waals surface area contributed by atoms with Gasteiger partial charge in [-0.2, -0.15) is 4.98 Å². The number of amides is 1. The van der Waals surface area contributed by atoms with Gasteiger partial charge in [-0.1, -0.05) is 55.5 Å². The minimum absolute atomic E-state index is 0.226. The zero-order valence-corrected chi connectivity index (χ0v) is 19.0. The molecule has 1 aromatic heterocycles. The number of hydrogen-bond acceptors (Lipinski definition) is 5. The Bertz CT molecular complexity index is 1130. The third kappa shape index (κ3) is 4.39. The molecule has 0 aliphatic heterocycles. The minimum atomic E-state index is -1.36. The van der Waals surface area contributed by atoms with E-state index in [0.717, 1.165) is 22.4 Å². The second-order valence-corrected chi connectivity index (χ2v) is 9.17. The lowest BCUT2D eigenvalue weighted by Crippen LogP contribution is -2.55. The third-order valence-electron chi connectivity index (χ3n) is 5.91. The Morgan fingerprint density at radius 2 is 1.78 bits per heavy atom. The Kier molecular flexibility index (Phi) is 6.28. The molecular weight excluding hydrogens is 424 g/mol. The summed E-state index contributed by atoms with van der Waals surface area (Å²) in [5.74, 6) is -1.06. The lowest BCUT2D eigenvalue weighted by molar-refractivity contribution is -0.144. The van der Waals surface area contributed by atoms with Crippen molar-refractivity contribution < 1.29 is 19.4 Å². The van der Waals surface area contributed by atoms with E-state index in [2.05, 4.69) is 29.4 Å². The van der Waals surface area contributed by atoms with Gasteiger partial charge in [-0.3, -0.25) is 4.79 Å². The van der Waals surface area contributed by atoms with E-state index in [1.807, 2.05) is 43.3 Å². The number of fused-ring (bicyclic) bond motifs is 1. The Balaban J connectivity index is 1.46. The van der Waals surface area contributed by atoms with Crippen molar-refractivity contribution in [2.45, 2.75) is 45.1 Å². The molecule has 0 saturated carbocycles. The van der Waals surface area contributed by atoms with Crippen molar-refractivity contribution in [1.29, 1.82) is 0 Å². The first-order valence-corrected chi connectivity index (χ1v) is 11.5. The lowest BCUT2D eigenvalue weighted by Gasteiger charge is -2.24. The van der Waals surface area contributed by atoms with Gasteiger partial charge in [0.25, 0.3) is 5.91 Å². The van der Waals surface area contributed by atoms with Gasteiger partial charge in [-0.05, 0) is 35.6 Å². The molecule has 0 saturated heterocycles. The summed E-state index contributed by atoms with van der Waals surface area (Å²) in [6, 6.07) is 15.7. The van der Waals surface area contributed by atoms with Crippen LogP contribution in [0, 0.1) is 6.92 Å². The number of carbonyl (C=O) groups excluding carboxylic acids is 1. The number of nitrogens with one attached hydrogen (secondary N) is 1. The van der Waals surface area contributed by atoms with Crippen LogP contribution >= 0.6 is 11.3 Å². The van der Waals surface area contributed by atoms with E-state index in [-0.39, 0.29) is 17.8 Å². The second kappa shape index (κ2) is 9.12. The van der Waals surface area contributed by atoms with Crippen LogP contribution in [0.4, 0.5) is 0 Å². The molecule has 3 aromatic rings. The summed E-state index contributed by atoms with van der Waals surface area (Å²) in [5.41, 5.74) is 2.96. The summed E-state index contributed by atoms with van der Waals surface area (Å²) >= 11 is 1.25. The normalized spacial score (nSPS) is 14.1. The quantitative estimate of drug-likeness (QED) is 0.542. The Hall–Kier alpha value is -3.19. The number of carbonyl (C=O) groups is 2. The molecule has 1 aliphatic rings. The highest BCUT2D eigenvalue weighted by molar-refractivity contribution is 7.13. The molecule has 0 unspecified atom stereocenters. The standard InChI is InChI=1S/C25H26N2O4S/c1-3-20-22(31-13-12-17-9-5-4-8-16(17)2)26-23(32-20)21(28)27-25(24(29)30)14-18-10-6-7-11-19(18)15-25/h4-11H,3,12-15H2,1-2H3,(H,27,28)(H,29,30). The molecule has 2 N–H and O–H groups in total. The zero-order valence-electron chi connectivity index (χ0n) is 18.2. The summed E-state index contributed by atoms with van der Waals surface area (Å²) in [6.07, 6.45) is 1.95. The number of carboxylic acid groups (broad SMARTS) is 1. The molecule has 7 heteroatoms. The van der Waals surface area contributed by atoms with E-state index in [1.54, 1.807) is 0 Å². The van der Waals surface area contributed by atoms with Crippen LogP contribution < -0.4 is 10.1 Å². The highest BCUT2D eigenvalue weighted by atomic mass is 32.1. The van der Waals surface area contributed by atoms with Crippen LogP contribution in [0.2, 0.25) is 0 Å². The average molecular weight is 451 g/mol. The number of carboxylic acids is 1. The van der Waals surface area contributed by atoms with Gasteiger partial charge in [-0.15, -0.1) is 11.3 Å². The van der Waals surface area contributed by atoms with Crippen LogP contribution in [-0.2, 0) is 30.5 Å². The summed E-state index contributed by atoms with van der Waals surface area (Å²) in [5, 5.41) is 12.9. The third-order valence-corrected chi connectivity index (χ3v) is 7.09. The first kappa shape index (κ1) is 22.0. The number of ether oxygens (including phenoxy) is 1. The van der Waals surface area contributed by atoms with Crippen molar-refractivity contribution >= 4 is 23.2 Å². The van der Waals surface area contributed by atoms with Gasteiger partial charge >= 0.3 is 5.97 Å².